The summed E-state index contributed by atoms with van der Waals surface area (Å²) in [5, 5.41) is 13.9. The normalized spacial score (nSPS) is 12.3. The number of carbonyl (C=O) groups is 1. The Morgan fingerprint density at radius 2 is 1.93 bits per heavy atom. The molecule has 1 unspecified atom stereocenters. The van der Waals surface area contributed by atoms with Gasteiger partial charge in [-0.1, -0.05) is 25.1 Å². The van der Waals surface area contributed by atoms with E-state index in [9.17, 15) is 23.3 Å². The molecule has 2 aromatic carbocycles. The summed E-state index contributed by atoms with van der Waals surface area (Å²) >= 11 is 1.55. The smallest absolute Gasteiger partial charge is 0.271 e. The number of benzene rings is 2. The first-order valence-corrected chi connectivity index (χ1v) is 11.7. The van der Waals surface area contributed by atoms with Crippen molar-refractivity contribution < 1.29 is 18.1 Å². The third-order valence-electron chi connectivity index (χ3n) is 4.17. The second kappa shape index (κ2) is 9.27. The van der Waals surface area contributed by atoms with E-state index in [-0.39, 0.29) is 11.4 Å². The van der Waals surface area contributed by atoms with Crippen LogP contribution in [0.1, 0.15) is 19.4 Å². The summed E-state index contributed by atoms with van der Waals surface area (Å²) < 4.78 is 25.9. The van der Waals surface area contributed by atoms with Crippen molar-refractivity contribution in [3.05, 3.63) is 58.1 Å². The summed E-state index contributed by atoms with van der Waals surface area (Å²) in [7, 11) is -3.90. The van der Waals surface area contributed by atoms with Crippen molar-refractivity contribution in [1.82, 2.24) is 0 Å². The summed E-state index contributed by atoms with van der Waals surface area (Å²) in [4.78, 5) is 24.3. The van der Waals surface area contributed by atoms with Gasteiger partial charge in [-0.15, -0.1) is 11.8 Å². The fourth-order valence-electron chi connectivity index (χ4n) is 2.82. The van der Waals surface area contributed by atoms with Crippen molar-refractivity contribution in [3.63, 3.8) is 0 Å². The van der Waals surface area contributed by atoms with E-state index in [1.54, 1.807) is 30.8 Å². The number of carbonyl (C=O) groups excluding carboxylic acids is 1. The predicted octanol–water partition coefficient (Wildman–Crippen LogP) is 3.81. The molecule has 0 saturated heterocycles. The zero-order valence-corrected chi connectivity index (χ0v) is 18.2. The van der Waals surface area contributed by atoms with Crippen LogP contribution in [0.3, 0.4) is 0 Å². The molecule has 0 radical (unpaired) electrons. The van der Waals surface area contributed by atoms with Gasteiger partial charge >= 0.3 is 0 Å². The monoisotopic (exact) mass is 437 g/mol. The van der Waals surface area contributed by atoms with Crippen LogP contribution >= 0.6 is 11.8 Å². The number of para-hydroxylation sites is 1. The van der Waals surface area contributed by atoms with Gasteiger partial charge in [0.05, 0.1) is 22.6 Å². The Bertz CT molecular complexity index is 1020. The third-order valence-corrected chi connectivity index (χ3v) is 6.36. The van der Waals surface area contributed by atoms with Gasteiger partial charge in [0.1, 0.15) is 6.04 Å². The summed E-state index contributed by atoms with van der Waals surface area (Å²) in [6.07, 6.45) is 0.968. The first kappa shape index (κ1) is 22.7. The Morgan fingerprint density at radius 3 is 2.52 bits per heavy atom. The molecular formula is C19H23N3O5S2. The first-order valence-electron chi connectivity index (χ1n) is 8.83. The molecule has 0 spiro atoms. The van der Waals surface area contributed by atoms with Crippen molar-refractivity contribution in [2.45, 2.75) is 31.7 Å². The SMILES string of the molecule is CCSc1ccccc1NC(=O)C(C)N(c1cc([N+](=O)[O-])ccc1C)S(C)(=O)=O. The number of non-ortho nitro benzene ring substituents is 1. The fourth-order valence-corrected chi connectivity index (χ4v) is 4.80. The standard InChI is InChI=1S/C19H23N3O5S2/c1-5-28-18-9-7-6-8-16(18)20-19(23)14(3)21(29(4,26)27)17-12-15(22(24)25)11-10-13(17)2/h6-12,14H,5H2,1-4H3,(H,20,23). The van der Waals surface area contributed by atoms with Crippen molar-refractivity contribution in [2.24, 2.45) is 0 Å². The van der Waals surface area contributed by atoms with Gasteiger partial charge < -0.3 is 5.32 Å². The topological polar surface area (TPSA) is 110 Å². The lowest BCUT2D eigenvalue weighted by Gasteiger charge is -2.29. The molecule has 156 valence electrons. The number of amides is 1. The predicted molar refractivity (Wildman–Crippen MR) is 116 cm³/mol. The van der Waals surface area contributed by atoms with E-state index in [4.69, 9.17) is 0 Å². The molecule has 0 aliphatic rings. The molecule has 2 aromatic rings. The van der Waals surface area contributed by atoms with Crippen molar-refractivity contribution in [2.75, 3.05) is 21.6 Å². The Labute approximate surface area is 174 Å². The summed E-state index contributed by atoms with van der Waals surface area (Å²) in [5.74, 6) is 0.274. The highest BCUT2D eigenvalue weighted by Crippen LogP contribution is 2.31. The highest BCUT2D eigenvalue weighted by Gasteiger charge is 2.31. The Balaban J connectivity index is 2.43. The number of aryl methyl sites for hydroxylation is 1. The van der Waals surface area contributed by atoms with Crippen molar-refractivity contribution in [1.29, 1.82) is 0 Å². The van der Waals surface area contributed by atoms with Gasteiger partial charge in [-0.3, -0.25) is 19.2 Å². The third kappa shape index (κ3) is 5.48. The van der Waals surface area contributed by atoms with E-state index < -0.39 is 26.9 Å². The molecule has 0 aromatic heterocycles. The van der Waals surface area contributed by atoms with Crippen LogP contribution < -0.4 is 9.62 Å². The quantitative estimate of drug-likeness (QED) is 0.382. The average Bonchev–Trinajstić information content (AvgIpc) is 2.63. The Hall–Kier alpha value is -2.59. The molecule has 8 nitrogen and oxygen atoms in total. The highest BCUT2D eigenvalue weighted by molar-refractivity contribution is 7.99. The minimum atomic E-state index is -3.90. The maximum absolute atomic E-state index is 12.9. The molecule has 10 heteroatoms. The van der Waals surface area contributed by atoms with Crippen molar-refractivity contribution in [3.8, 4) is 0 Å². The van der Waals surface area contributed by atoms with Gasteiger partial charge in [-0.25, -0.2) is 8.42 Å². The van der Waals surface area contributed by atoms with Gasteiger partial charge in [0.15, 0.2) is 0 Å². The van der Waals surface area contributed by atoms with Crippen molar-refractivity contribution >= 4 is 44.8 Å². The number of hydrogen-bond acceptors (Lipinski definition) is 6. The molecule has 0 bridgehead atoms. The minimum Gasteiger partial charge on any atom is -0.323 e. The lowest BCUT2D eigenvalue weighted by Crippen LogP contribution is -2.45. The van der Waals surface area contributed by atoms with Gasteiger partial charge in [0.25, 0.3) is 5.69 Å². The zero-order valence-electron chi connectivity index (χ0n) is 16.6. The first-order chi connectivity index (χ1) is 13.6. The molecule has 29 heavy (non-hydrogen) atoms. The van der Waals surface area contributed by atoms with Gasteiger partial charge in [0, 0.05) is 17.0 Å². The van der Waals surface area contributed by atoms with E-state index in [0.29, 0.717) is 11.3 Å². The molecule has 1 atom stereocenters. The number of thioether (sulfide) groups is 1. The maximum atomic E-state index is 12.9. The van der Waals surface area contributed by atoms with Crippen LogP contribution in [0.2, 0.25) is 0 Å². The van der Waals surface area contributed by atoms with Crippen LogP contribution in [0.15, 0.2) is 47.4 Å². The molecule has 0 heterocycles. The zero-order chi connectivity index (χ0) is 21.8. The van der Waals surface area contributed by atoms with E-state index in [2.05, 4.69) is 5.32 Å². The average molecular weight is 438 g/mol. The van der Waals surface area contributed by atoms with Crippen LogP contribution in [0.25, 0.3) is 0 Å². The lowest BCUT2D eigenvalue weighted by molar-refractivity contribution is -0.384. The number of nitro benzene ring substituents is 1. The lowest BCUT2D eigenvalue weighted by atomic mass is 10.1. The van der Waals surface area contributed by atoms with E-state index in [0.717, 1.165) is 21.2 Å². The molecule has 1 N–H and O–H groups in total. The number of hydrogen-bond donors (Lipinski definition) is 1. The summed E-state index contributed by atoms with van der Waals surface area (Å²) in [5.41, 5.74) is 0.931. The number of nitrogens with one attached hydrogen (secondary N) is 1. The Kier molecular flexibility index (Phi) is 7.26. The summed E-state index contributed by atoms with van der Waals surface area (Å²) in [6, 6.07) is 10.0. The van der Waals surface area contributed by atoms with E-state index in [1.165, 1.54) is 25.1 Å². The largest absolute Gasteiger partial charge is 0.323 e. The van der Waals surface area contributed by atoms with Crippen LogP contribution in [0.4, 0.5) is 17.1 Å². The second-order valence-corrected chi connectivity index (χ2v) is 9.55. The maximum Gasteiger partial charge on any atom is 0.271 e. The van der Waals surface area contributed by atoms with Crippen LogP contribution in [0, 0.1) is 17.0 Å². The Morgan fingerprint density at radius 1 is 1.28 bits per heavy atom. The molecule has 0 saturated carbocycles. The fraction of sp³-hybridized carbons (Fsp3) is 0.316. The van der Waals surface area contributed by atoms with Crippen LogP contribution in [-0.2, 0) is 14.8 Å². The second-order valence-electron chi connectivity index (χ2n) is 6.38. The molecular weight excluding hydrogens is 414 g/mol. The minimum absolute atomic E-state index is 0.0977. The molecule has 1 amide bonds. The van der Waals surface area contributed by atoms with Gasteiger partial charge in [-0.2, -0.15) is 0 Å². The number of sulfonamides is 1. The highest BCUT2D eigenvalue weighted by atomic mass is 32.2. The molecule has 0 aliphatic heterocycles. The van der Waals surface area contributed by atoms with E-state index in [1.807, 2.05) is 19.1 Å². The number of anilines is 2. The summed E-state index contributed by atoms with van der Waals surface area (Å²) in [6.45, 7) is 5.07. The number of nitro groups is 1. The number of rotatable bonds is 8. The molecule has 2 rings (SSSR count). The molecule has 0 aliphatic carbocycles. The van der Waals surface area contributed by atoms with Crippen LogP contribution in [0.5, 0.6) is 0 Å². The van der Waals surface area contributed by atoms with E-state index >= 15 is 0 Å². The molecule has 0 fully saturated rings. The number of nitrogens with zero attached hydrogens (tertiary/aromatic N) is 2. The van der Waals surface area contributed by atoms with Gasteiger partial charge in [-0.05, 0) is 37.3 Å². The van der Waals surface area contributed by atoms with Gasteiger partial charge in [0.2, 0.25) is 15.9 Å². The van der Waals surface area contributed by atoms with Crippen LogP contribution in [-0.4, -0.2) is 37.3 Å².